The lowest BCUT2D eigenvalue weighted by molar-refractivity contribution is 0.226. The normalized spacial score (nSPS) is 12.5. The molecule has 21 heavy (non-hydrogen) atoms. The van der Waals surface area contributed by atoms with E-state index in [1.165, 1.54) is 0 Å². The van der Waals surface area contributed by atoms with E-state index in [-0.39, 0.29) is 6.10 Å². The smallest absolute Gasteiger partial charge is 0.164 e. The molecule has 1 unspecified atom stereocenters. The summed E-state index contributed by atoms with van der Waals surface area (Å²) in [4.78, 5) is 0. The van der Waals surface area contributed by atoms with E-state index in [1.807, 2.05) is 74.5 Å². The molecule has 0 aliphatic rings. The van der Waals surface area contributed by atoms with Gasteiger partial charge in [-0.05, 0) is 30.8 Å². The summed E-state index contributed by atoms with van der Waals surface area (Å²) >= 11 is 0. The highest BCUT2D eigenvalue weighted by Gasteiger charge is 2.45. The monoisotopic (exact) mass is 319 g/mol. The summed E-state index contributed by atoms with van der Waals surface area (Å²) in [6.45, 7) is 5.75. The van der Waals surface area contributed by atoms with Gasteiger partial charge in [0.1, 0.15) is 6.10 Å². The van der Waals surface area contributed by atoms with E-state index in [0.29, 0.717) is 0 Å². The molecule has 1 atom stereocenters. The van der Waals surface area contributed by atoms with Crippen LogP contribution in [0.5, 0.6) is 0 Å². The molecule has 5 heteroatoms. The fourth-order valence-electron chi connectivity index (χ4n) is 2.13. The van der Waals surface area contributed by atoms with Crippen LogP contribution in [-0.4, -0.2) is 14.4 Å². The van der Waals surface area contributed by atoms with Crippen molar-refractivity contribution in [3.8, 4) is 0 Å². The second-order valence-corrected chi connectivity index (χ2v) is 9.84. The molecule has 0 bridgehead atoms. The van der Waals surface area contributed by atoms with Gasteiger partial charge in [0.05, 0.1) is 0 Å². The Labute approximate surface area is 128 Å². The zero-order chi connectivity index (χ0) is 15.3. The van der Waals surface area contributed by atoms with Gasteiger partial charge in [0.2, 0.25) is 0 Å². The number of hydrogen-bond donors (Lipinski definition) is 0. The first-order valence-electron chi connectivity index (χ1n) is 6.96. The summed E-state index contributed by atoms with van der Waals surface area (Å²) in [7, 11) is -4.68. The molecule has 110 valence electrons. The van der Waals surface area contributed by atoms with Crippen molar-refractivity contribution < 1.29 is 13.3 Å². The Bertz CT molecular complexity index is 547. The predicted octanol–water partition coefficient (Wildman–Crippen LogP) is 3.48. The summed E-state index contributed by atoms with van der Waals surface area (Å²) in [6.07, 6.45) is -0.126. The molecule has 0 saturated carbocycles. The topological polar surface area (TPSA) is 35.5 Å². The van der Waals surface area contributed by atoms with Gasteiger partial charge in [-0.25, -0.2) is 0 Å². The van der Waals surface area contributed by atoms with Crippen molar-refractivity contribution in [2.24, 2.45) is 0 Å². The fourth-order valence-corrected chi connectivity index (χ4v) is 6.67. The minimum absolute atomic E-state index is 0.126. The highest BCUT2D eigenvalue weighted by molar-refractivity contribution is 7.37. The van der Waals surface area contributed by atoms with Crippen LogP contribution in [0.15, 0.2) is 60.7 Å². The van der Waals surface area contributed by atoms with Crippen molar-refractivity contribution in [2.75, 3.05) is 0 Å². The third-order valence-corrected chi connectivity index (χ3v) is 8.72. The predicted molar refractivity (Wildman–Crippen MR) is 88.7 cm³/mol. The van der Waals surface area contributed by atoms with Gasteiger partial charge in [-0.2, -0.15) is 4.21 Å². The van der Waals surface area contributed by atoms with Gasteiger partial charge >= 0.3 is 16.6 Å². The lowest BCUT2D eigenvalue weighted by Gasteiger charge is -2.21. The fraction of sp³-hybridized carbons (Fsp3) is 0.250. The molecule has 0 radical (unpaired) electrons. The van der Waals surface area contributed by atoms with Crippen LogP contribution in [0.3, 0.4) is 0 Å². The SMILES string of the molecule is CC(C)O[P+](=O)O[Si](C)(c1ccccc1)c1ccccc1. The second-order valence-electron chi connectivity index (χ2n) is 5.23. The third kappa shape index (κ3) is 4.08. The van der Waals surface area contributed by atoms with Gasteiger partial charge in [-0.15, -0.1) is 4.52 Å². The first-order chi connectivity index (χ1) is 10.0. The van der Waals surface area contributed by atoms with Crippen LogP contribution in [0.25, 0.3) is 0 Å². The van der Waals surface area contributed by atoms with Gasteiger partial charge in [0, 0.05) is 4.57 Å². The minimum Gasteiger partial charge on any atom is -0.164 e. The second kappa shape index (κ2) is 7.10. The molecule has 3 nitrogen and oxygen atoms in total. The van der Waals surface area contributed by atoms with Crippen molar-refractivity contribution >= 4 is 26.9 Å². The van der Waals surface area contributed by atoms with E-state index in [0.717, 1.165) is 10.4 Å². The van der Waals surface area contributed by atoms with Gasteiger partial charge < -0.3 is 0 Å². The van der Waals surface area contributed by atoms with E-state index in [4.69, 9.17) is 8.74 Å². The Morgan fingerprint density at radius 1 is 0.905 bits per heavy atom. The van der Waals surface area contributed by atoms with E-state index in [9.17, 15) is 4.57 Å². The first-order valence-corrected chi connectivity index (χ1v) is 10.5. The average molecular weight is 319 g/mol. The van der Waals surface area contributed by atoms with Crippen molar-refractivity contribution in [1.29, 1.82) is 0 Å². The Balaban J connectivity index is 2.38. The van der Waals surface area contributed by atoms with Gasteiger partial charge in [0.15, 0.2) is 0 Å². The quantitative estimate of drug-likeness (QED) is 0.604. The molecule has 2 aromatic carbocycles. The van der Waals surface area contributed by atoms with Crippen LogP contribution in [0.4, 0.5) is 0 Å². The number of hydrogen-bond acceptors (Lipinski definition) is 3. The average Bonchev–Trinajstić information content (AvgIpc) is 2.48. The maximum Gasteiger partial charge on any atom is 0.686 e. The Hall–Kier alpha value is -1.32. The molecular weight excluding hydrogens is 299 g/mol. The van der Waals surface area contributed by atoms with Crippen LogP contribution in [0.1, 0.15) is 13.8 Å². The summed E-state index contributed by atoms with van der Waals surface area (Å²) < 4.78 is 23.4. The van der Waals surface area contributed by atoms with Crippen molar-refractivity contribution in [1.82, 2.24) is 0 Å². The molecule has 0 fully saturated rings. The van der Waals surface area contributed by atoms with Gasteiger partial charge in [-0.1, -0.05) is 60.7 Å². The first kappa shape index (κ1) is 16.1. The van der Waals surface area contributed by atoms with Gasteiger partial charge in [-0.3, -0.25) is 0 Å². The van der Waals surface area contributed by atoms with Crippen molar-refractivity contribution in [2.45, 2.75) is 26.5 Å². The highest BCUT2D eigenvalue weighted by Crippen LogP contribution is 2.30. The Kier molecular flexibility index (Phi) is 5.43. The standard InChI is InChI=1S/C16H20O3PSi/c1-14(2)18-20(17)19-21(3,15-10-6-4-7-11-15)16-12-8-5-9-13-16/h4-14H,1-3H3/q+1. The molecule has 0 aliphatic carbocycles. The highest BCUT2D eigenvalue weighted by atomic mass is 31.1. The van der Waals surface area contributed by atoms with Crippen LogP contribution in [0.2, 0.25) is 6.55 Å². The molecule has 0 N–H and O–H groups in total. The molecule has 0 spiro atoms. The Morgan fingerprint density at radius 2 is 1.33 bits per heavy atom. The molecular formula is C16H20O3PSi+. The molecule has 2 aromatic rings. The summed E-state index contributed by atoms with van der Waals surface area (Å²) in [5, 5.41) is 2.15. The van der Waals surface area contributed by atoms with Crippen LogP contribution in [0, 0.1) is 0 Å². The summed E-state index contributed by atoms with van der Waals surface area (Å²) in [6, 6.07) is 19.9. The molecule has 0 saturated heterocycles. The maximum atomic E-state index is 12.2. The molecule has 0 heterocycles. The molecule has 0 aliphatic heterocycles. The van der Waals surface area contributed by atoms with E-state index in [1.54, 1.807) is 0 Å². The zero-order valence-corrected chi connectivity index (χ0v) is 14.4. The Morgan fingerprint density at radius 3 is 1.71 bits per heavy atom. The van der Waals surface area contributed by atoms with E-state index >= 15 is 0 Å². The maximum absolute atomic E-state index is 12.2. The molecule has 0 amide bonds. The summed E-state index contributed by atoms with van der Waals surface area (Å²) in [5.74, 6) is 0. The molecule has 2 rings (SSSR count). The zero-order valence-electron chi connectivity index (χ0n) is 12.5. The van der Waals surface area contributed by atoms with Crippen molar-refractivity contribution in [3.05, 3.63) is 60.7 Å². The van der Waals surface area contributed by atoms with Crippen LogP contribution in [-0.2, 0) is 13.3 Å². The molecule has 0 aromatic heterocycles. The lowest BCUT2D eigenvalue weighted by atomic mass is 10.4. The summed E-state index contributed by atoms with van der Waals surface area (Å²) in [5.41, 5.74) is 0. The van der Waals surface area contributed by atoms with Crippen LogP contribution < -0.4 is 10.4 Å². The van der Waals surface area contributed by atoms with Crippen molar-refractivity contribution in [3.63, 3.8) is 0 Å². The number of benzene rings is 2. The third-order valence-electron chi connectivity index (χ3n) is 3.20. The number of rotatable bonds is 6. The van der Waals surface area contributed by atoms with Crippen LogP contribution >= 0.6 is 8.25 Å². The minimum atomic E-state index is -2.54. The largest absolute Gasteiger partial charge is 0.686 e. The van der Waals surface area contributed by atoms with E-state index < -0.39 is 16.6 Å². The lowest BCUT2D eigenvalue weighted by Crippen LogP contribution is -2.57. The van der Waals surface area contributed by atoms with E-state index in [2.05, 4.69) is 6.55 Å². The van der Waals surface area contributed by atoms with Gasteiger partial charge in [0.25, 0.3) is 0 Å².